The van der Waals surface area contributed by atoms with E-state index >= 15 is 0 Å². The molecule has 0 amide bonds. The van der Waals surface area contributed by atoms with E-state index < -0.39 is 17.8 Å². The molecule has 2 bridgehead atoms. The van der Waals surface area contributed by atoms with E-state index in [9.17, 15) is 10.2 Å². The van der Waals surface area contributed by atoms with Crippen LogP contribution in [0.4, 0.5) is 0 Å². The fourth-order valence-electron chi connectivity index (χ4n) is 3.65. The predicted octanol–water partition coefficient (Wildman–Crippen LogP) is 0.491. The number of nitrogens with zero attached hydrogens (tertiary/aromatic N) is 1. The average Bonchev–Trinajstić information content (AvgIpc) is 2.68. The van der Waals surface area contributed by atoms with Gasteiger partial charge in [0.15, 0.2) is 0 Å². The predicted molar refractivity (Wildman–Crippen MR) is 61.6 cm³/mol. The van der Waals surface area contributed by atoms with Crippen molar-refractivity contribution < 1.29 is 19.7 Å². The summed E-state index contributed by atoms with van der Waals surface area (Å²) in [6.07, 6.45) is 2.38. The highest BCUT2D eigenvalue weighted by molar-refractivity contribution is 5.09. The Morgan fingerprint density at radius 1 is 1.28 bits per heavy atom. The van der Waals surface area contributed by atoms with Crippen LogP contribution in [-0.2, 0) is 9.47 Å². The van der Waals surface area contributed by atoms with Crippen LogP contribution in [0.5, 0.6) is 0 Å². The highest BCUT2D eigenvalue weighted by Gasteiger charge is 2.59. The first-order chi connectivity index (χ1) is 8.64. The minimum Gasteiger partial charge on any atom is -0.390 e. The van der Waals surface area contributed by atoms with E-state index in [-0.39, 0.29) is 18.3 Å². The molecule has 5 nitrogen and oxygen atoms in total. The van der Waals surface area contributed by atoms with Gasteiger partial charge in [0.1, 0.15) is 6.10 Å². The molecule has 0 aromatic carbocycles. The maximum absolute atomic E-state index is 9.89. The van der Waals surface area contributed by atoms with Gasteiger partial charge in [-0.3, -0.25) is 0 Å². The number of rotatable bonds is 2. The Kier molecular flexibility index (Phi) is 3.07. The first-order valence-electron chi connectivity index (χ1n) is 6.71. The van der Waals surface area contributed by atoms with Crippen molar-refractivity contribution in [3.8, 4) is 6.07 Å². The number of hydrogen-bond donors (Lipinski definition) is 2. The molecular weight excluding hydrogens is 234 g/mol. The summed E-state index contributed by atoms with van der Waals surface area (Å²) in [6, 6.07) is 2.14. The minimum atomic E-state index is -0.789. The molecule has 2 N–H and O–H groups in total. The van der Waals surface area contributed by atoms with Gasteiger partial charge in [-0.1, -0.05) is 0 Å². The molecular formula is C13H19NO4. The van der Waals surface area contributed by atoms with Crippen LogP contribution in [0.15, 0.2) is 0 Å². The van der Waals surface area contributed by atoms with Crippen molar-refractivity contribution in [3.63, 3.8) is 0 Å². The van der Waals surface area contributed by atoms with Gasteiger partial charge in [0.05, 0.1) is 36.1 Å². The van der Waals surface area contributed by atoms with Crippen LogP contribution < -0.4 is 0 Å². The lowest BCUT2D eigenvalue weighted by molar-refractivity contribution is -0.178. The maximum Gasteiger partial charge on any atom is 0.106 e. The number of nitriles is 1. The van der Waals surface area contributed by atoms with E-state index in [1.54, 1.807) is 0 Å². The molecule has 2 saturated heterocycles. The number of aliphatic hydroxyl groups excluding tert-OH is 2. The Morgan fingerprint density at radius 3 is 2.89 bits per heavy atom. The zero-order chi connectivity index (χ0) is 12.8. The Hall–Kier alpha value is -0.670. The monoisotopic (exact) mass is 253 g/mol. The molecule has 1 unspecified atom stereocenters. The molecule has 0 aromatic rings. The molecule has 18 heavy (non-hydrogen) atoms. The summed E-state index contributed by atoms with van der Waals surface area (Å²) in [7, 11) is 0. The topological polar surface area (TPSA) is 82.7 Å². The van der Waals surface area contributed by atoms with E-state index in [4.69, 9.17) is 14.7 Å². The second kappa shape index (κ2) is 4.46. The summed E-state index contributed by atoms with van der Waals surface area (Å²) >= 11 is 0. The van der Waals surface area contributed by atoms with Gasteiger partial charge in [-0.25, -0.2) is 0 Å². The van der Waals surface area contributed by atoms with Crippen LogP contribution in [-0.4, -0.2) is 46.3 Å². The smallest absolute Gasteiger partial charge is 0.106 e. The summed E-state index contributed by atoms with van der Waals surface area (Å²) in [5.41, 5.74) is -0.429. The van der Waals surface area contributed by atoms with Gasteiger partial charge in [-0.15, -0.1) is 0 Å². The van der Waals surface area contributed by atoms with Gasteiger partial charge in [0, 0.05) is 19.3 Å². The fraction of sp³-hybridized carbons (Fsp3) is 0.923. The molecule has 0 aromatic heterocycles. The number of hydrogen-bond acceptors (Lipinski definition) is 5. The van der Waals surface area contributed by atoms with Crippen molar-refractivity contribution in [1.82, 2.24) is 0 Å². The van der Waals surface area contributed by atoms with Crippen LogP contribution >= 0.6 is 0 Å². The molecule has 3 rings (SSSR count). The quantitative estimate of drug-likeness (QED) is 0.748. The maximum atomic E-state index is 9.89. The van der Waals surface area contributed by atoms with E-state index in [1.165, 1.54) is 0 Å². The molecule has 5 heteroatoms. The zero-order valence-electron chi connectivity index (χ0n) is 10.3. The van der Waals surface area contributed by atoms with E-state index in [0.29, 0.717) is 19.3 Å². The zero-order valence-corrected chi connectivity index (χ0v) is 10.3. The normalized spacial score (nSPS) is 50.6. The highest BCUT2D eigenvalue weighted by Crippen LogP contribution is 2.49. The van der Waals surface area contributed by atoms with Crippen molar-refractivity contribution >= 4 is 0 Å². The van der Waals surface area contributed by atoms with Gasteiger partial charge in [-0.05, 0) is 19.3 Å². The molecule has 3 aliphatic rings. The van der Waals surface area contributed by atoms with Crippen molar-refractivity contribution in [2.45, 2.75) is 74.6 Å². The SMILES string of the molecule is N#CCC[C@H]1CC[C@@H]2O[C@@H]3C[C@]2(C[C@@H](O)C3O)O1. The van der Waals surface area contributed by atoms with Gasteiger partial charge in [0.2, 0.25) is 0 Å². The first-order valence-corrected chi connectivity index (χ1v) is 6.71. The van der Waals surface area contributed by atoms with E-state index in [1.807, 2.05) is 0 Å². The minimum absolute atomic E-state index is 0.00682. The molecule has 2 heterocycles. The second-order valence-electron chi connectivity index (χ2n) is 5.71. The third kappa shape index (κ3) is 1.84. The standard InChI is InChI=1S/C13H19NO4/c14-5-1-2-8-3-4-11-13(18-8)6-9(15)12(16)10(7-13)17-11/h8-12,15-16H,1-4,6-7H2/t8-,9+,10+,11-,12?,13-/m0/s1. The van der Waals surface area contributed by atoms with Crippen molar-refractivity contribution in [2.24, 2.45) is 0 Å². The van der Waals surface area contributed by atoms with Crippen LogP contribution in [0, 0.1) is 11.3 Å². The van der Waals surface area contributed by atoms with Gasteiger partial charge in [-0.2, -0.15) is 5.26 Å². The van der Waals surface area contributed by atoms with Gasteiger partial charge < -0.3 is 19.7 Å². The highest BCUT2D eigenvalue weighted by atomic mass is 16.6. The lowest BCUT2D eigenvalue weighted by Crippen LogP contribution is -2.54. The van der Waals surface area contributed by atoms with Crippen LogP contribution in [0.25, 0.3) is 0 Å². The van der Waals surface area contributed by atoms with Gasteiger partial charge >= 0.3 is 0 Å². The lowest BCUT2D eigenvalue weighted by atomic mass is 9.76. The van der Waals surface area contributed by atoms with E-state index in [0.717, 1.165) is 19.3 Å². The largest absolute Gasteiger partial charge is 0.390 e. The average molecular weight is 253 g/mol. The van der Waals surface area contributed by atoms with Crippen molar-refractivity contribution in [3.05, 3.63) is 0 Å². The Morgan fingerprint density at radius 2 is 2.11 bits per heavy atom. The number of fused-ring (bicyclic) bond motifs is 1. The fourth-order valence-corrected chi connectivity index (χ4v) is 3.65. The Balaban J connectivity index is 1.74. The third-order valence-electron chi connectivity index (χ3n) is 4.53. The molecule has 1 spiro atoms. The molecule has 0 radical (unpaired) electrons. The first kappa shape index (κ1) is 12.4. The summed E-state index contributed by atoms with van der Waals surface area (Å²) in [5.74, 6) is 0. The summed E-state index contributed by atoms with van der Waals surface area (Å²) in [5, 5.41) is 28.4. The van der Waals surface area contributed by atoms with Crippen LogP contribution in [0.3, 0.4) is 0 Å². The second-order valence-corrected chi connectivity index (χ2v) is 5.71. The molecule has 6 atom stereocenters. The summed E-state index contributed by atoms with van der Waals surface area (Å²) in [4.78, 5) is 0. The number of ether oxygens (including phenoxy) is 2. The molecule has 3 fully saturated rings. The van der Waals surface area contributed by atoms with Crippen LogP contribution in [0.1, 0.15) is 38.5 Å². The van der Waals surface area contributed by atoms with Crippen molar-refractivity contribution in [2.75, 3.05) is 0 Å². The molecule has 1 aliphatic carbocycles. The Labute approximate surface area is 106 Å². The van der Waals surface area contributed by atoms with Gasteiger partial charge in [0.25, 0.3) is 0 Å². The number of aliphatic hydroxyl groups is 2. The third-order valence-corrected chi connectivity index (χ3v) is 4.53. The molecule has 2 aliphatic heterocycles. The van der Waals surface area contributed by atoms with Crippen molar-refractivity contribution in [1.29, 1.82) is 5.26 Å². The molecule has 100 valence electrons. The summed E-state index contributed by atoms with van der Waals surface area (Å²) < 4.78 is 12.0. The lowest BCUT2D eigenvalue weighted by Gasteiger charge is -2.44. The Bertz CT molecular complexity index is 368. The van der Waals surface area contributed by atoms with E-state index in [2.05, 4.69) is 6.07 Å². The molecule has 1 saturated carbocycles. The summed E-state index contributed by atoms with van der Waals surface area (Å²) in [6.45, 7) is 0. The van der Waals surface area contributed by atoms with Crippen LogP contribution in [0.2, 0.25) is 0 Å².